The molecule has 3 aliphatic rings. The molecule has 7 nitrogen and oxygen atoms in total. The van der Waals surface area contributed by atoms with Crippen LogP contribution in [0.5, 0.6) is 0 Å². The zero-order chi connectivity index (χ0) is 33.3. The van der Waals surface area contributed by atoms with Crippen molar-refractivity contribution in [2.45, 2.75) is 90.4 Å². The lowest BCUT2D eigenvalue weighted by Crippen LogP contribution is -2.60. The Morgan fingerprint density at radius 2 is 1.70 bits per heavy atom. The van der Waals surface area contributed by atoms with Crippen LogP contribution >= 0.6 is 0 Å². The highest BCUT2D eigenvalue weighted by Crippen LogP contribution is 2.38. The van der Waals surface area contributed by atoms with E-state index in [-0.39, 0.29) is 30.2 Å². The number of nitrogens with zero attached hydrogens (tertiary/aromatic N) is 3. The predicted octanol–water partition coefficient (Wildman–Crippen LogP) is 5.40. The van der Waals surface area contributed by atoms with Crippen LogP contribution in [0.3, 0.4) is 0 Å². The maximum atomic E-state index is 15.2. The van der Waals surface area contributed by atoms with E-state index in [0.29, 0.717) is 57.1 Å². The summed E-state index contributed by atoms with van der Waals surface area (Å²) in [6.07, 6.45) is 1.85. The van der Waals surface area contributed by atoms with E-state index < -0.39 is 41.1 Å². The molecule has 0 spiro atoms. The van der Waals surface area contributed by atoms with Crippen molar-refractivity contribution in [2.24, 2.45) is 5.92 Å². The van der Waals surface area contributed by atoms with Crippen molar-refractivity contribution < 1.29 is 32.2 Å². The van der Waals surface area contributed by atoms with Gasteiger partial charge in [0.25, 0.3) is 0 Å². The lowest BCUT2D eigenvalue weighted by atomic mass is 9.87. The summed E-state index contributed by atoms with van der Waals surface area (Å²) in [5.41, 5.74) is 1.72. The number of carbonyl (C=O) groups is 2. The molecule has 0 saturated carbocycles. The molecule has 0 bridgehead atoms. The SMILES string of the molecule is Cc1cc(C)c(C[C@@H](C(=O)OC(C)(C)C)N2CCN(C(=O)[C@@H]3CN(C4CCOCC4)C[C@H]3c3ccc(F)cc3F)[C@@H](C)C2)c(F)c1. The Morgan fingerprint density at radius 3 is 2.33 bits per heavy atom. The van der Waals surface area contributed by atoms with Crippen molar-refractivity contribution in [3.05, 3.63) is 70.0 Å². The number of esters is 1. The zero-order valence-electron chi connectivity index (χ0n) is 28.0. The minimum absolute atomic E-state index is 0.0651. The Hall–Kier alpha value is -2.95. The monoisotopic (exact) mass is 643 g/mol. The summed E-state index contributed by atoms with van der Waals surface area (Å²) in [7, 11) is 0. The third-order valence-corrected chi connectivity index (χ3v) is 9.76. The molecule has 3 heterocycles. The first kappa shape index (κ1) is 34.4. The van der Waals surface area contributed by atoms with Crippen molar-refractivity contribution in [1.29, 1.82) is 0 Å². The molecular weight excluding hydrogens is 595 g/mol. The van der Waals surface area contributed by atoms with Crippen molar-refractivity contribution in [1.82, 2.24) is 14.7 Å². The van der Waals surface area contributed by atoms with Gasteiger partial charge in [0, 0.05) is 76.4 Å². The molecule has 3 saturated heterocycles. The number of carbonyl (C=O) groups excluding carboxylic acids is 2. The molecule has 3 aliphatic heterocycles. The first-order valence-corrected chi connectivity index (χ1v) is 16.5. The minimum Gasteiger partial charge on any atom is -0.459 e. The van der Waals surface area contributed by atoms with E-state index in [1.165, 1.54) is 18.2 Å². The molecular formula is C36H48F3N3O4. The average molecular weight is 644 g/mol. The molecule has 4 atom stereocenters. The number of piperazine rings is 1. The fraction of sp³-hybridized carbons (Fsp3) is 0.611. The highest BCUT2D eigenvalue weighted by atomic mass is 19.1. The average Bonchev–Trinajstić information content (AvgIpc) is 3.41. The molecule has 0 N–H and O–H groups in total. The van der Waals surface area contributed by atoms with Crippen molar-refractivity contribution in [2.75, 3.05) is 45.9 Å². The van der Waals surface area contributed by atoms with Gasteiger partial charge in [-0.15, -0.1) is 0 Å². The van der Waals surface area contributed by atoms with Gasteiger partial charge in [0.15, 0.2) is 0 Å². The van der Waals surface area contributed by atoms with Crippen molar-refractivity contribution in [3.63, 3.8) is 0 Å². The lowest BCUT2D eigenvalue weighted by molar-refractivity contribution is -0.163. The fourth-order valence-corrected chi connectivity index (χ4v) is 7.49. The van der Waals surface area contributed by atoms with Gasteiger partial charge in [0.1, 0.15) is 29.1 Å². The second-order valence-electron chi connectivity index (χ2n) is 14.3. The van der Waals surface area contributed by atoms with Gasteiger partial charge < -0.3 is 14.4 Å². The molecule has 10 heteroatoms. The van der Waals surface area contributed by atoms with Gasteiger partial charge in [-0.2, -0.15) is 0 Å². The number of aryl methyl sites for hydroxylation is 2. The Morgan fingerprint density at radius 1 is 0.978 bits per heavy atom. The van der Waals surface area contributed by atoms with E-state index >= 15 is 8.78 Å². The van der Waals surface area contributed by atoms with Gasteiger partial charge in [-0.25, -0.2) is 13.2 Å². The number of hydrogen-bond acceptors (Lipinski definition) is 6. The van der Waals surface area contributed by atoms with Gasteiger partial charge in [-0.05, 0) is 88.8 Å². The molecule has 46 heavy (non-hydrogen) atoms. The summed E-state index contributed by atoms with van der Waals surface area (Å²) in [5.74, 6) is -3.02. The minimum atomic E-state index is -0.730. The number of likely N-dealkylation sites (tertiary alicyclic amines) is 1. The van der Waals surface area contributed by atoms with E-state index in [2.05, 4.69) is 4.90 Å². The predicted molar refractivity (Wildman–Crippen MR) is 170 cm³/mol. The van der Waals surface area contributed by atoms with Gasteiger partial charge >= 0.3 is 5.97 Å². The molecule has 0 aromatic heterocycles. The van der Waals surface area contributed by atoms with E-state index in [1.54, 1.807) is 0 Å². The van der Waals surface area contributed by atoms with Crippen LogP contribution in [0.15, 0.2) is 30.3 Å². The Balaban J connectivity index is 1.36. The first-order valence-electron chi connectivity index (χ1n) is 16.5. The van der Waals surface area contributed by atoms with Crippen molar-refractivity contribution in [3.8, 4) is 0 Å². The zero-order valence-corrected chi connectivity index (χ0v) is 28.0. The maximum absolute atomic E-state index is 15.2. The lowest BCUT2D eigenvalue weighted by Gasteiger charge is -2.44. The van der Waals surface area contributed by atoms with Gasteiger partial charge in [0.05, 0.1) is 5.92 Å². The summed E-state index contributed by atoms with van der Waals surface area (Å²) in [6, 6.07) is 6.28. The number of benzene rings is 2. The number of rotatable bonds is 7. The molecule has 2 aromatic rings. The Kier molecular flexibility index (Phi) is 10.5. The van der Waals surface area contributed by atoms with Crippen LogP contribution in [-0.2, 0) is 25.5 Å². The second-order valence-corrected chi connectivity index (χ2v) is 14.3. The summed E-state index contributed by atoms with van der Waals surface area (Å²) in [6.45, 7) is 14.5. The van der Waals surface area contributed by atoms with Gasteiger partial charge in [0.2, 0.25) is 5.91 Å². The van der Waals surface area contributed by atoms with Crippen LogP contribution in [0.25, 0.3) is 0 Å². The molecule has 252 valence electrons. The van der Waals surface area contributed by atoms with E-state index in [9.17, 15) is 14.0 Å². The summed E-state index contributed by atoms with van der Waals surface area (Å²) >= 11 is 0. The molecule has 2 aromatic carbocycles. The quantitative estimate of drug-likeness (QED) is 0.377. The second kappa shape index (κ2) is 14.0. The molecule has 0 radical (unpaired) electrons. The van der Waals surface area contributed by atoms with Crippen LogP contribution in [0.1, 0.15) is 68.7 Å². The topological polar surface area (TPSA) is 62.3 Å². The fourth-order valence-electron chi connectivity index (χ4n) is 7.49. The first-order chi connectivity index (χ1) is 21.7. The Labute approximate surface area is 271 Å². The number of ether oxygens (including phenoxy) is 2. The molecule has 0 unspecified atom stereocenters. The number of halogens is 3. The number of amides is 1. The maximum Gasteiger partial charge on any atom is 0.324 e. The summed E-state index contributed by atoms with van der Waals surface area (Å²) < 4.78 is 55.5. The third kappa shape index (κ3) is 7.77. The molecule has 3 fully saturated rings. The highest BCUT2D eigenvalue weighted by Gasteiger charge is 2.46. The molecule has 0 aliphatic carbocycles. The van der Waals surface area contributed by atoms with Crippen LogP contribution in [0, 0.1) is 37.2 Å². The summed E-state index contributed by atoms with van der Waals surface area (Å²) in [4.78, 5) is 34.0. The van der Waals surface area contributed by atoms with Crippen LogP contribution in [0.2, 0.25) is 0 Å². The normalized spacial score (nSPS) is 24.3. The summed E-state index contributed by atoms with van der Waals surface area (Å²) in [5, 5.41) is 0. The Bertz CT molecular complexity index is 1400. The van der Waals surface area contributed by atoms with Crippen LogP contribution in [0.4, 0.5) is 13.2 Å². The van der Waals surface area contributed by atoms with E-state index in [0.717, 1.165) is 30.0 Å². The van der Waals surface area contributed by atoms with Gasteiger partial charge in [-0.3, -0.25) is 19.4 Å². The van der Waals surface area contributed by atoms with E-state index in [4.69, 9.17) is 9.47 Å². The van der Waals surface area contributed by atoms with E-state index in [1.807, 2.05) is 57.4 Å². The van der Waals surface area contributed by atoms with Gasteiger partial charge in [-0.1, -0.05) is 12.1 Å². The molecule has 1 amide bonds. The standard InChI is InChI=1S/C36H48F3N3O4/c1-22-15-23(2)28(31(38)16-22)18-33(35(44)46-36(4,5)6)40-11-12-42(24(3)19-40)34(43)30-21-41(26-9-13-45-14-10-26)20-29(30)27-8-7-25(37)17-32(27)39/h7-8,15-17,24,26,29-30,33H,9-14,18-21H2,1-6H3/t24-,29-,30+,33-/m0/s1. The number of hydrogen-bond donors (Lipinski definition) is 0. The van der Waals surface area contributed by atoms with Crippen molar-refractivity contribution >= 4 is 11.9 Å². The van der Waals surface area contributed by atoms with Crippen LogP contribution < -0.4 is 0 Å². The molecule has 5 rings (SSSR count). The smallest absolute Gasteiger partial charge is 0.324 e. The largest absolute Gasteiger partial charge is 0.459 e. The third-order valence-electron chi connectivity index (χ3n) is 9.76. The highest BCUT2D eigenvalue weighted by molar-refractivity contribution is 5.81. The van der Waals surface area contributed by atoms with Crippen LogP contribution in [-0.4, -0.2) is 96.2 Å².